The average molecular weight is 306 g/mol. The van der Waals surface area contributed by atoms with Gasteiger partial charge in [-0.05, 0) is 22.3 Å². The number of benzene rings is 3. The van der Waals surface area contributed by atoms with E-state index in [-0.39, 0.29) is 0 Å². The van der Waals surface area contributed by atoms with Gasteiger partial charge in [-0.2, -0.15) is 0 Å². The van der Waals surface area contributed by atoms with Crippen molar-refractivity contribution in [2.75, 3.05) is 0 Å². The third-order valence-corrected chi connectivity index (χ3v) is 4.26. The zero-order valence-electron chi connectivity index (χ0n) is 12.0. The predicted octanol–water partition coefficient (Wildman–Crippen LogP) is 6.17. The monoisotopic (exact) mass is 306 g/mol. The molecule has 2 heteroatoms. The molecule has 108 valence electrons. The summed E-state index contributed by atoms with van der Waals surface area (Å²) >= 11 is 0. The smallest absolute Gasteiger partial charge is 0.0997 e. The number of halogens is 1. The number of hydrogen-bond donors (Lipinski definition) is 0. The van der Waals surface area contributed by atoms with E-state index in [9.17, 15) is 4.20 Å². The summed E-state index contributed by atoms with van der Waals surface area (Å²) in [5.41, 5.74) is 3.98. The van der Waals surface area contributed by atoms with E-state index in [2.05, 4.69) is 0 Å². The first-order chi connectivity index (χ1) is 10.9. The summed E-state index contributed by atoms with van der Waals surface area (Å²) in [4.78, 5) is 0. The van der Waals surface area contributed by atoms with E-state index in [4.69, 9.17) is 0 Å². The standard InChI is InChI=1S/C20H16FP/c21-22-20(18-14-8-3-9-15-18)19(16-10-4-1-5-11-16)17-12-6-2-7-13-17/h1-15,22H. The van der Waals surface area contributed by atoms with Gasteiger partial charge in [-0.15, -0.1) is 0 Å². The summed E-state index contributed by atoms with van der Waals surface area (Å²) in [7, 11) is -0.763. The zero-order chi connectivity index (χ0) is 15.2. The maximum atomic E-state index is 13.9. The van der Waals surface area contributed by atoms with Gasteiger partial charge in [0.2, 0.25) is 0 Å². The normalized spacial score (nSPS) is 10.8. The molecule has 0 aromatic heterocycles. The fourth-order valence-corrected chi connectivity index (χ4v) is 3.17. The predicted molar refractivity (Wildman–Crippen MR) is 94.7 cm³/mol. The van der Waals surface area contributed by atoms with E-state index >= 15 is 0 Å². The third kappa shape index (κ3) is 3.16. The highest BCUT2D eigenvalue weighted by Crippen LogP contribution is 2.43. The topological polar surface area (TPSA) is 0 Å². The second-order valence-electron chi connectivity index (χ2n) is 4.94. The lowest BCUT2D eigenvalue weighted by Crippen LogP contribution is -1.91. The highest BCUT2D eigenvalue weighted by molar-refractivity contribution is 7.45. The average Bonchev–Trinajstić information content (AvgIpc) is 2.62. The van der Waals surface area contributed by atoms with Gasteiger partial charge in [-0.3, -0.25) is 0 Å². The molecular formula is C20H16FP. The molecule has 3 aromatic rings. The SMILES string of the molecule is FPC(=C(c1ccccc1)c1ccccc1)c1ccccc1. The molecule has 0 N–H and O–H groups in total. The van der Waals surface area contributed by atoms with Crippen LogP contribution in [0.15, 0.2) is 91.0 Å². The third-order valence-electron chi connectivity index (χ3n) is 3.53. The molecular weight excluding hydrogens is 290 g/mol. The Hall–Kier alpha value is -2.24. The summed E-state index contributed by atoms with van der Waals surface area (Å²) in [5.74, 6) is 0. The Morgan fingerprint density at radius 3 is 1.27 bits per heavy atom. The minimum absolute atomic E-state index is 0.748. The maximum absolute atomic E-state index is 13.9. The molecule has 0 fully saturated rings. The van der Waals surface area contributed by atoms with Crippen LogP contribution in [-0.2, 0) is 0 Å². The minimum Gasteiger partial charge on any atom is -0.225 e. The molecule has 3 aromatic carbocycles. The molecule has 0 nitrogen and oxygen atoms in total. The van der Waals surface area contributed by atoms with Gasteiger partial charge in [0.25, 0.3) is 0 Å². The Morgan fingerprint density at radius 2 is 0.909 bits per heavy atom. The maximum Gasteiger partial charge on any atom is 0.0997 e. The van der Waals surface area contributed by atoms with E-state index in [0.29, 0.717) is 0 Å². The van der Waals surface area contributed by atoms with Gasteiger partial charge in [0, 0.05) is 5.31 Å². The van der Waals surface area contributed by atoms with Crippen molar-refractivity contribution < 1.29 is 4.20 Å². The van der Waals surface area contributed by atoms with Crippen LogP contribution in [0, 0.1) is 0 Å². The van der Waals surface area contributed by atoms with Crippen molar-refractivity contribution in [3.05, 3.63) is 108 Å². The Kier molecular flexibility index (Phi) is 4.78. The van der Waals surface area contributed by atoms with Crippen LogP contribution < -0.4 is 0 Å². The second-order valence-corrected chi connectivity index (χ2v) is 5.63. The van der Waals surface area contributed by atoms with Crippen LogP contribution in [0.1, 0.15) is 16.7 Å². The summed E-state index contributed by atoms with van der Waals surface area (Å²) in [6.07, 6.45) is 0. The Balaban J connectivity index is 2.27. The van der Waals surface area contributed by atoms with Crippen molar-refractivity contribution in [1.29, 1.82) is 0 Å². The van der Waals surface area contributed by atoms with Gasteiger partial charge in [0.15, 0.2) is 0 Å². The van der Waals surface area contributed by atoms with Crippen molar-refractivity contribution in [2.24, 2.45) is 0 Å². The van der Waals surface area contributed by atoms with Gasteiger partial charge < -0.3 is 0 Å². The Morgan fingerprint density at radius 1 is 0.545 bits per heavy atom. The molecule has 0 aliphatic rings. The van der Waals surface area contributed by atoms with E-state index in [1.54, 1.807) is 0 Å². The zero-order valence-corrected chi connectivity index (χ0v) is 13.0. The van der Waals surface area contributed by atoms with Crippen LogP contribution >= 0.6 is 8.89 Å². The van der Waals surface area contributed by atoms with E-state index < -0.39 is 8.89 Å². The molecule has 0 amide bonds. The number of hydrogen-bond acceptors (Lipinski definition) is 0. The van der Waals surface area contributed by atoms with Crippen molar-refractivity contribution in [1.82, 2.24) is 0 Å². The fourth-order valence-electron chi connectivity index (χ4n) is 2.52. The van der Waals surface area contributed by atoms with Gasteiger partial charge in [-0.1, -0.05) is 91.0 Å². The summed E-state index contributed by atoms with van der Waals surface area (Å²) in [6.45, 7) is 0. The first-order valence-corrected chi connectivity index (χ1v) is 8.05. The number of rotatable bonds is 4. The lowest BCUT2D eigenvalue weighted by molar-refractivity contribution is 0.930. The van der Waals surface area contributed by atoms with Crippen LogP contribution in [0.5, 0.6) is 0 Å². The largest absolute Gasteiger partial charge is 0.225 e. The molecule has 0 spiro atoms. The fraction of sp³-hybridized carbons (Fsp3) is 0. The van der Waals surface area contributed by atoms with Crippen molar-refractivity contribution in [3.63, 3.8) is 0 Å². The lowest BCUT2D eigenvalue weighted by Gasteiger charge is -2.14. The van der Waals surface area contributed by atoms with Gasteiger partial charge >= 0.3 is 0 Å². The first kappa shape index (κ1) is 14.7. The highest BCUT2D eigenvalue weighted by Gasteiger charge is 2.13. The van der Waals surface area contributed by atoms with Crippen molar-refractivity contribution >= 4 is 19.8 Å². The van der Waals surface area contributed by atoms with Gasteiger partial charge in [-0.25, -0.2) is 4.20 Å². The van der Waals surface area contributed by atoms with Crippen LogP contribution in [0.2, 0.25) is 0 Å². The molecule has 0 aliphatic heterocycles. The molecule has 22 heavy (non-hydrogen) atoms. The second kappa shape index (κ2) is 7.15. The van der Waals surface area contributed by atoms with E-state index in [1.807, 2.05) is 91.0 Å². The Bertz CT molecular complexity index is 708. The molecule has 1 unspecified atom stereocenters. The Labute approximate surface area is 132 Å². The summed E-state index contributed by atoms with van der Waals surface area (Å²) in [6, 6.07) is 29.8. The molecule has 0 saturated heterocycles. The van der Waals surface area contributed by atoms with E-state index in [0.717, 1.165) is 27.6 Å². The van der Waals surface area contributed by atoms with Crippen LogP contribution in [0.25, 0.3) is 10.9 Å². The quantitative estimate of drug-likeness (QED) is 0.399. The molecule has 0 radical (unpaired) electrons. The first-order valence-electron chi connectivity index (χ1n) is 7.17. The molecule has 0 bridgehead atoms. The van der Waals surface area contributed by atoms with Crippen LogP contribution in [0.4, 0.5) is 4.20 Å². The molecule has 0 heterocycles. The lowest BCUT2D eigenvalue weighted by atomic mass is 9.95. The molecule has 0 saturated carbocycles. The van der Waals surface area contributed by atoms with Crippen LogP contribution in [0.3, 0.4) is 0 Å². The van der Waals surface area contributed by atoms with Crippen LogP contribution in [-0.4, -0.2) is 0 Å². The van der Waals surface area contributed by atoms with Crippen molar-refractivity contribution in [3.8, 4) is 0 Å². The van der Waals surface area contributed by atoms with E-state index in [1.165, 1.54) is 0 Å². The minimum atomic E-state index is -0.763. The summed E-state index contributed by atoms with van der Waals surface area (Å²) < 4.78 is 13.9. The molecule has 3 rings (SSSR count). The molecule has 1 atom stereocenters. The highest BCUT2D eigenvalue weighted by atomic mass is 31.1. The van der Waals surface area contributed by atoms with Gasteiger partial charge in [0.05, 0.1) is 8.89 Å². The van der Waals surface area contributed by atoms with Gasteiger partial charge in [0.1, 0.15) is 0 Å². The van der Waals surface area contributed by atoms with Crippen molar-refractivity contribution in [2.45, 2.75) is 0 Å². The summed E-state index contributed by atoms with van der Waals surface area (Å²) in [5, 5.41) is 0.748. The molecule has 0 aliphatic carbocycles.